The second-order valence-corrected chi connectivity index (χ2v) is 5.60. The minimum absolute atomic E-state index is 0.0881. The van der Waals surface area contributed by atoms with Crippen LogP contribution in [0.25, 0.3) is 0 Å². The minimum atomic E-state index is -0.552. The quantitative estimate of drug-likeness (QED) is 0.756. The van der Waals surface area contributed by atoms with Crippen molar-refractivity contribution in [2.45, 2.75) is 0 Å². The number of rotatable bonds is 3. The molecule has 3 heterocycles. The predicted molar refractivity (Wildman–Crippen MR) is 89.9 cm³/mol. The van der Waals surface area contributed by atoms with Crippen LogP contribution in [0.15, 0.2) is 27.8 Å². The zero-order valence-electron chi connectivity index (χ0n) is 13.9. The van der Waals surface area contributed by atoms with Crippen molar-refractivity contribution in [3.63, 3.8) is 0 Å². The van der Waals surface area contributed by atoms with Crippen molar-refractivity contribution in [3.05, 3.63) is 44.7 Å². The first-order valence-electron chi connectivity index (χ1n) is 7.72. The minimum Gasteiger partial charge on any atom is -0.378 e. The van der Waals surface area contributed by atoms with E-state index in [4.69, 9.17) is 4.74 Å². The Morgan fingerprint density at radius 2 is 1.84 bits per heavy atom. The molecular weight excluding hydrogens is 328 g/mol. The summed E-state index contributed by atoms with van der Waals surface area (Å²) in [6.07, 6.45) is 0. The van der Waals surface area contributed by atoms with Gasteiger partial charge >= 0.3 is 5.69 Å². The van der Waals surface area contributed by atoms with Crippen LogP contribution in [0.3, 0.4) is 0 Å². The number of nitrogens with zero attached hydrogens (tertiary/aromatic N) is 5. The van der Waals surface area contributed by atoms with Gasteiger partial charge in [-0.05, 0) is 12.1 Å². The van der Waals surface area contributed by atoms with E-state index < -0.39 is 17.2 Å². The third kappa shape index (κ3) is 3.43. The fourth-order valence-electron chi connectivity index (χ4n) is 2.44. The molecule has 2 aromatic rings. The van der Waals surface area contributed by atoms with Crippen LogP contribution in [0.1, 0.15) is 10.5 Å². The topological polar surface area (TPSA) is 111 Å². The predicted octanol–water partition coefficient (Wildman–Crippen LogP) is -1.04. The third-order valence-corrected chi connectivity index (χ3v) is 3.99. The van der Waals surface area contributed by atoms with Gasteiger partial charge in [0.05, 0.1) is 13.2 Å². The molecule has 1 amide bonds. The third-order valence-electron chi connectivity index (χ3n) is 3.99. The van der Waals surface area contributed by atoms with Crippen LogP contribution < -0.4 is 21.5 Å². The van der Waals surface area contributed by atoms with Crippen molar-refractivity contribution in [1.29, 1.82) is 0 Å². The second-order valence-electron chi connectivity index (χ2n) is 5.60. The zero-order chi connectivity index (χ0) is 18.0. The van der Waals surface area contributed by atoms with Crippen molar-refractivity contribution in [3.8, 4) is 0 Å². The first-order chi connectivity index (χ1) is 12.0. The molecule has 0 unspecified atom stereocenters. The van der Waals surface area contributed by atoms with Crippen LogP contribution in [-0.4, -0.2) is 51.5 Å². The van der Waals surface area contributed by atoms with Crippen molar-refractivity contribution in [2.24, 2.45) is 14.1 Å². The zero-order valence-corrected chi connectivity index (χ0v) is 13.9. The van der Waals surface area contributed by atoms with Crippen LogP contribution in [0.2, 0.25) is 0 Å². The number of carbonyl (C=O) groups excluding carboxylic acids is 1. The lowest BCUT2D eigenvalue weighted by molar-refractivity contribution is 0.102. The van der Waals surface area contributed by atoms with Gasteiger partial charge in [-0.2, -0.15) is 0 Å². The van der Waals surface area contributed by atoms with Gasteiger partial charge in [-0.25, -0.2) is 4.79 Å². The van der Waals surface area contributed by atoms with Gasteiger partial charge < -0.3 is 15.0 Å². The molecule has 0 atom stereocenters. The summed E-state index contributed by atoms with van der Waals surface area (Å²) in [6.45, 7) is 2.69. The van der Waals surface area contributed by atoms with Gasteiger partial charge in [0.15, 0.2) is 11.5 Å². The lowest BCUT2D eigenvalue weighted by Gasteiger charge is -2.27. The Hall–Kier alpha value is -3.01. The molecule has 1 N–H and O–H groups in total. The van der Waals surface area contributed by atoms with Gasteiger partial charge in [-0.3, -0.25) is 18.7 Å². The average molecular weight is 346 g/mol. The molecule has 0 saturated carbocycles. The Morgan fingerprint density at radius 1 is 1.12 bits per heavy atom. The number of nitrogens with one attached hydrogen (secondary N) is 1. The van der Waals surface area contributed by atoms with E-state index >= 15 is 0 Å². The molecule has 0 aromatic carbocycles. The summed E-state index contributed by atoms with van der Waals surface area (Å²) >= 11 is 0. The van der Waals surface area contributed by atoms with E-state index in [1.165, 1.54) is 24.7 Å². The van der Waals surface area contributed by atoms with E-state index in [1.54, 1.807) is 12.1 Å². The Labute approximate surface area is 142 Å². The summed E-state index contributed by atoms with van der Waals surface area (Å²) in [7, 11) is 2.83. The summed E-state index contributed by atoms with van der Waals surface area (Å²) in [4.78, 5) is 37.9. The van der Waals surface area contributed by atoms with Crippen LogP contribution >= 0.6 is 0 Å². The lowest BCUT2D eigenvalue weighted by atomic mass is 10.3. The number of amides is 1. The normalized spacial score (nSPS) is 14.4. The van der Waals surface area contributed by atoms with Crippen molar-refractivity contribution in [2.75, 3.05) is 36.5 Å². The molecule has 132 valence electrons. The van der Waals surface area contributed by atoms with E-state index in [9.17, 15) is 14.4 Å². The highest BCUT2D eigenvalue weighted by Crippen LogP contribution is 2.12. The maximum Gasteiger partial charge on any atom is 0.332 e. The fraction of sp³-hybridized carbons (Fsp3) is 0.400. The molecule has 3 rings (SSSR count). The van der Waals surface area contributed by atoms with Crippen LogP contribution in [0.5, 0.6) is 0 Å². The Morgan fingerprint density at radius 3 is 2.48 bits per heavy atom. The van der Waals surface area contributed by atoms with E-state index in [0.29, 0.717) is 19.0 Å². The highest BCUT2D eigenvalue weighted by atomic mass is 16.5. The number of carbonyl (C=O) groups is 1. The number of hydrogen-bond acceptors (Lipinski definition) is 7. The summed E-state index contributed by atoms with van der Waals surface area (Å²) in [5.74, 6) is 0.210. The van der Waals surface area contributed by atoms with E-state index in [1.807, 2.05) is 4.90 Å². The molecule has 0 spiro atoms. The number of ether oxygens (including phenoxy) is 1. The van der Waals surface area contributed by atoms with Gasteiger partial charge in [0, 0.05) is 33.3 Å². The standard InChI is InChI=1S/C15H18N6O4/c1-19-12(9-13(22)20(2)15(19)24)16-14(23)10-3-4-11(18-17-10)21-5-7-25-8-6-21/h3-4,9H,5-8H2,1-2H3,(H,16,23). The molecule has 25 heavy (non-hydrogen) atoms. The Kier molecular flexibility index (Phi) is 4.61. The molecule has 0 radical (unpaired) electrons. The number of morpholine rings is 1. The van der Waals surface area contributed by atoms with Gasteiger partial charge in [-0.15, -0.1) is 10.2 Å². The highest BCUT2D eigenvalue weighted by molar-refractivity contribution is 6.02. The van der Waals surface area contributed by atoms with Gasteiger partial charge in [-0.1, -0.05) is 0 Å². The summed E-state index contributed by atoms with van der Waals surface area (Å²) in [5.41, 5.74) is -0.950. The van der Waals surface area contributed by atoms with E-state index in [2.05, 4.69) is 15.5 Å². The summed E-state index contributed by atoms with van der Waals surface area (Å²) in [6, 6.07) is 4.43. The lowest BCUT2D eigenvalue weighted by Crippen LogP contribution is -2.38. The molecule has 0 bridgehead atoms. The van der Waals surface area contributed by atoms with Crippen molar-refractivity contribution in [1.82, 2.24) is 19.3 Å². The Balaban J connectivity index is 1.78. The van der Waals surface area contributed by atoms with Crippen LogP contribution in [0.4, 0.5) is 11.6 Å². The molecule has 1 saturated heterocycles. The SMILES string of the molecule is Cn1c(NC(=O)c2ccc(N3CCOCC3)nn2)cc(=O)n(C)c1=O. The van der Waals surface area contributed by atoms with Crippen LogP contribution in [-0.2, 0) is 18.8 Å². The molecule has 10 heteroatoms. The Bertz CT molecular complexity index is 896. The fourth-order valence-corrected chi connectivity index (χ4v) is 2.44. The molecule has 10 nitrogen and oxygen atoms in total. The van der Waals surface area contributed by atoms with Gasteiger partial charge in [0.25, 0.3) is 11.5 Å². The average Bonchev–Trinajstić information content (AvgIpc) is 2.65. The first kappa shape index (κ1) is 16.8. The number of aromatic nitrogens is 4. The molecule has 2 aromatic heterocycles. The maximum absolute atomic E-state index is 12.3. The smallest absolute Gasteiger partial charge is 0.332 e. The molecule has 0 aliphatic carbocycles. The summed E-state index contributed by atoms with van der Waals surface area (Å²) < 4.78 is 7.41. The van der Waals surface area contributed by atoms with Crippen molar-refractivity contribution < 1.29 is 9.53 Å². The van der Waals surface area contributed by atoms with Crippen LogP contribution in [0, 0.1) is 0 Å². The molecular formula is C15H18N6O4. The molecule has 1 aliphatic rings. The maximum atomic E-state index is 12.3. The van der Waals surface area contributed by atoms with Gasteiger partial charge in [0.1, 0.15) is 5.82 Å². The monoisotopic (exact) mass is 346 g/mol. The second kappa shape index (κ2) is 6.85. The first-order valence-corrected chi connectivity index (χ1v) is 7.72. The summed E-state index contributed by atoms with van der Waals surface area (Å²) in [5, 5.41) is 10.5. The van der Waals surface area contributed by atoms with E-state index in [-0.39, 0.29) is 11.5 Å². The molecule has 1 fully saturated rings. The largest absolute Gasteiger partial charge is 0.378 e. The highest BCUT2D eigenvalue weighted by Gasteiger charge is 2.16. The number of anilines is 2. The van der Waals surface area contributed by atoms with Crippen molar-refractivity contribution >= 4 is 17.5 Å². The number of hydrogen-bond donors (Lipinski definition) is 1. The van der Waals surface area contributed by atoms with E-state index in [0.717, 1.165) is 17.7 Å². The van der Waals surface area contributed by atoms with Gasteiger partial charge in [0.2, 0.25) is 0 Å². The molecule has 1 aliphatic heterocycles.